The Morgan fingerprint density at radius 3 is 2.28 bits per heavy atom. The summed E-state index contributed by atoms with van der Waals surface area (Å²) in [5.74, 6) is -0.827. The first kappa shape index (κ1) is 28.8. The van der Waals surface area contributed by atoms with Crippen molar-refractivity contribution in [3.63, 3.8) is 0 Å². The predicted octanol–water partition coefficient (Wildman–Crippen LogP) is 4.95. The maximum Gasteiger partial charge on any atom is 0.305 e. The molecule has 11 heteroatoms. The molecule has 2 rings (SSSR count). The van der Waals surface area contributed by atoms with E-state index < -0.39 is 15.8 Å². The second kappa shape index (κ2) is 13.0. The maximum absolute atomic E-state index is 12.8. The van der Waals surface area contributed by atoms with Crippen LogP contribution in [-0.4, -0.2) is 52.9 Å². The van der Waals surface area contributed by atoms with Crippen LogP contribution in [0, 0.1) is 6.92 Å². The quantitative estimate of drug-likeness (QED) is 0.311. The van der Waals surface area contributed by atoms with Gasteiger partial charge in [0.2, 0.25) is 5.91 Å². The molecule has 0 unspecified atom stereocenters. The number of aryl methyl sites for hydroxylation is 1. The lowest BCUT2D eigenvalue weighted by atomic mass is 10.2. The molecule has 2 aromatic carbocycles. The van der Waals surface area contributed by atoms with Crippen LogP contribution in [0.15, 0.2) is 45.5 Å². The Hall–Kier alpha value is -3.47. The van der Waals surface area contributed by atoms with Crippen molar-refractivity contribution in [3.05, 3.63) is 35.9 Å². The molecule has 0 aromatic heterocycles. The summed E-state index contributed by atoms with van der Waals surface area (Å²) >= 11 is 0. The van der Waals surface area contributed by atoms with Crippen LogP contribution < -0.4 is 15.0 Å². The lowest BCUT2D eigenvalue weighted by Gasteiger charge is -2.22. The van der Waals surface area contributed by atoms with Crippen molar-refractivity contribution in [2.45, 2.75) is 45.9 Å². The molecular formula is C25H34N4O6S. The molecule has 1 N–H and O–H groups in total. The van der Waals surface area contributed by atoms with Crippen LogP contribution in [0.2, 0.25) is 0 Å². The second-order valence-electron chi connectivity index (χ2n) is 7.94. The molecule has 0 aliphatic carbocycles. The van der Waals surface area contributed by atoms with Crippen molar-refractivity contribution >= 4 is 44.5 Å². The lowest BCUT2D eigenvalue weighted by molar-refractivity contribution is -0.142. The normalized spacial score (nSPS) is 11.4. The number of nitrogens with one attached hydrogen (secondary N) is 1. The highest BCUT2D eigenvalue weighted by molar-refractivity contribution is 7.91. The third kappa shape index (κ3) is 7.51. The van der Waals surface area contributed by atoms with Crippen molar-refractivity contribution in [2.24, 2.45) is 10.2 Å². The molecule has 36 heavy (non-hydrogen) atoms. The van der Waals surface area contributed by atoms with Crippen LogP contribution in [0.25, 0.3) is 0 Å². The minimum absolute atomic E-state index is 0.0633. The van der Waals surface area contributed by atoms with Gasteiger partial charge in [-0.3, -0.25) is 9.59 Å². The Balaban J connectivity index is 2.40. The minimum Gasteiger partial charge on any atom is -0.494 e. The zero-order chi connectivity index (χ0) is 26.9. The van der Waals surface area contributed by atoms with Crippen molar-refractivity contribution in [1.29, 1.82) is 0 Å². The van der Waals surface area contributed by atoms with Gasteiger partial charge in [0.05, 0.1) is 23.4 Å². The average Bonchev–Trinajstić information content (AvgIpc) is 2.83. The lowest BCUT2D eigenvalue weighted by Crippen LogP contribution is -2.21. The summed E-state index contributed by atoms with van der Waals surface area (Å²) in [6.45, 7) is 10.2. The molecule has 0 radical (unpaired) electrons. The van der Waals surface area contributed by atoms with Crippen molar-refractivity contribution in [2.75, 3.05) is 42.8 Å². The summed E-state index contributed by atoms with van der Waals surface area (Å²) in [4.78, 5) is 25.3. The third-order valence-corrected chi connectivity index (χ3v) is 7.21. The smallest absolute Gasteiger partial charge is 0.305 e. The topological polar surface area (TPSA) is 127 Å². The summed E-state index contributed by atoms with van der Waals surface area (Å²) < 4.78 is 35.9. The van der Waals surface area contributed by atoms with E-state index in [9.17, 15) is 18.0 Å². The van der Waals surface area contributed by atoms with Gasteiger partial charge in [-0.05, 0) is 50.6 Å². The second-order valence-corrected chi connectivity index (χ2v) is 10.0. The van der Waals surface area contributed by atoms with Crippen LogP contribution in [0.4, 0.5) is 22.7 Å². The molecule has 0 aliphatic heterocycles. The van der Waals surface area contributed by atoms with E-state index in [1.54, 1.807) is 26.0 Å². The van der Waals surface area contributed by atoms with E-state index in [0.717, 1.165) is 18.8 Å². The standard InChI is InChI=1S/C25H34N4O6S/c1-7-25(31)35-12-13-36(32,33)24-16-23(34-6)22(14-17(24)4)28-27-20-11-10-19(29(8-2)9-3)15-21(20)26-18(5)30/h10-11,14-16H,7-9,12-13H2,1-6H3,(H,26,30). The largest absolute Gasteiger partial charge is 0.494 e. The average molecular weight is 519 g/mol. The van der Waals surface area contributed by atoms with Crippen LogP contribution in [-0.2, 0) is 24.2 Å². The number of nitrogens with zero attached hydrogens (tertiary/aromatic N) is 3. The van der Waals surface area contributed by atoms with Crippen LogP contribution in [0.3, 0.4) is 0 Å². The van der Waals surface area contributed by atoms with Crippen LogP contribution in [0.1, 0.15) is 39.7 Å². The molecule has 2 aromatic rings. The van der Waals surface area contributed by atoms with Crippen LogP contribution >= 0.6 is 0 Å². The summed E-state index contributed by atoms with van der Waals surface area (Å²) in [7, 11) is -2.32. The number of ether oxygens (including phenoxy) is 2. The van der Waals surface area contributed by atoms with Crippen molar-refractivity contribution in [1.82, 2.24) is 0 Å². The van der Waals surface area contributed by atoms with Gasteiger partial charge in [0.15, 0.2) is 9.84 Å². The van der Waals surface area contributed by atoms with Gasteiger partial charge in [-0.25, -0.2) is 8.42 Å². The first-order valence-corrected chi connectivity index (χ1v) is 13.4. The van der Waals surface area contributed by atoms with E-state index >= 15 is 0 Å². The number of carbonyl (C=O) groups excluding carboxylic acids is 2. The van der Waals surface area contributed by atoms with Gasteiger partial charge >= 0.3 is 5.97 Å². The number of azo groups is 1. The van der Waals surface area contributed by atoms with E-state index in [4.69, 9.17) is 9.47 Å². The van der Waals surface area contributed by atoms with Crippen molar-refractivity contribution in [3.8, 4) is 5.75 Å². The van der Waals surface area contributed by atoms with Gasteiger partial charge in [-0.15, -0.1) is 10.2 Å². The first-order valence-electron chi connectivity index (χ1n) is 11.7. The molecule has 10 nitrogen and oxygen atoms in total. The number of sulfone groups is 1. The fourth-order valence-electron chi connectivity index (χ4n) is 3.50. The monoisotopic (exact) mass is 518 g/mol. The Morgan fingerprint density at radius 2 is 1.69 bits per heavy atom. The van der Waals surface area contributed by atoms with E-state index in [1.165, 1.54) is 20.1 Å². The van der Waals surface area contributed by atoms with Gasteiger partial charge in [0, 0.05) is 38.2 Å². The molecule has 1 amide bonds. The number of methoxy groups -OCH3 is 1. The number of hydrogen-bond acceptors (Lipinski definition) is 9. The zero-order valence-corrected chi connectivity index (χ0v) is 22.4. The van der Waals surface area contributed by atoms with Gasteiger partial charge in [0.25, 0.3) is 0 Å². The van der Waals surface area contributed by atoms with E-state index in [-0.39, 0.29) is 35.3 Å². The van der Waals surface area contributed by atoms with Gasteiger partial charge < -0.3 is 19.7 Å². The first-order chi connectivity index (χ1) is 17.1. The molecule has 0 spiro atoms. The number of hydrogen-bond donors (Lipinski definition) is 1. The summed E-state index contributed by atoms with van der Waals surface area (Å²) in [6, 6.07) is 8.45. The SMILES string of the molecule is CCC(=O)OCCS(=O)(=O)c1cc(OC)c(N=Nc2ccc(N(CC)CC)cc2NC(C)=O)cc1C. The predicted molar refractivity (Wildman–Crippen MR) is 140 cm³/mol. The van der Waals surface area contributed by atoms with Gasteiger partial charge in [-0.1, -0.05) is 6.92 Å². The molecule has 0 heterocycles. The summed E-state index contributed by atoms with van der Waals surface area (Å²) in [5, 5.41) is 11.4. The van der Waals surface area contributed by atoms with E-state index in [1.807, 2.05) is 26.0 Å². The minimum atomic E-state index is -3.73. The fourth-order valence-corrected chi connectivity index (χ4v) is 4.86. The Labute approximate surface area is 212 Å². The summed E-state index contributed by atoms with van der Waals surface area (Å²) in [6.07, 6.45) is 0.175. The van der Waals surface area contributed by atoms with E-state index in [0.29, 0.717) is 22.6 Å². The molecular weight excluding hydrogens is 484 g/mol. The molecule has 0 atom stereocenters. The molecule has 196 valence electrons. The number of carbonyl (C=O) groups is 2. The highest BCUT2D eigenvalue weighted by Crippen LogP contribution is 2.36. The highest BCUT2D eigenvalue weighted by Gasteiger charge is 2.21. The Kier molecular flexibility index (Phi) is 10.4. The maximum atomic E-state index is 12.8. The number of amides is 1. The van der Waals surface area contributed by atoms with Gasteiger partial charge in [-0.2, -0.15) is 0 Å². The number of benzene rings is 2. The number of rotatable bonds is 12. The number of esters is 1. The van der Waals surface area contributed by atoms with Crippen molar-refractivity contribution < 1.29 is 27.5 Å². The molecule has 0 aliphatic rings. The third-order valence-electron chi connectivity index (χ3n) is 5.40. The molecule has 0 fully saturated rings. The van der Waals surface area contributed by atoms with E-state index in [2.05, 4.69) is 20.4 Å². The Bertz CT molecular complexity index is 1220. The number of anilines is 2. The molecule has 0 bridgehead atoms. The molecule has 0 saturated carbocycles. The highest BCUT2D eigenvalue weighted by atomic mass is 32.2. The fraction of sp³-hybridized carbons (Fsp3) is 0.440. The summed E-state index contributed by atoms with van der Waals surface area (Å²) in [5.41, 5.74) is 2.66. The zero-order valence-electron chi connectivity index (χ0n) is 21.6. The van der Waals surface area contributed by atoms with Crippen LogP contribution in [0.5, 0.6) is 5.75 Å². The molecule has 0 saturated heterocycles. The Morgan fingerprint density at radius 1 is 1.03 bits per heavy atom. The van der Waals surface area contributed by atoms with Gasteiger partial charge in [0.1, 0.15) is 23.7 Å².